The van der Waals surface area contributed by atoms with Gasteiger partial charge in [0.05, 0.1) is 12.1 Å². The van der Waals surface area contributed by atoms with Gasteiger partial charge < -0.3 is 10.1 Å². The second kappa shape index (κ2) is 6.26. The van der Waals surface area contributed by atoms with Crippen LogP contribution in [0.4, 0.5) is 5.00 Å². The number of esters is 1. The maximum absolute atomic E-state index is 11.6. The average Bonchev–Trinajstić information content (AvgIpc) is 2.98. The van der Waals surface area contributed by atoms with Gasteiger partial charge in [0.2, 0.25) is 0 Å². The minimum Gasteiger partial charge on any atom is -0.461 e. The molecule has 2 rings (SSSR count). The first-order chi connectivity index (χ1) is 8.31. The number of anilines is 1. The highest BCUT2D eigenvalue weighted by atomic mass is 32.2. The smallest absolute Gasteiger partial charge is 0.360 e. The lowest BCUT2D eigenvalue weighted by Crippen LogP contribution is -2.15. The molecule has 2 heterocycles. The fraction of sp³-hybridized carbons (Fsp3) is 0.636. The molecule has 1 fully saturated rings. The van der Waals surface area contributed by atoms with Crippen LogP contribution in [0.15, 0.2) is 5.51 Å². The predicted octanol–water partition coefficient (Wildman–Crippen LogP) is 2.48. The van der Waals surface area contributed by atoms with Crippen molar-refractivity contribution in [2.75, 3.05) is 30.0 Å². The third-order valence-electron chi connectivity index (χ3n) is 2.61. The van der Waals surface area contributed by atoms with Crippen molar-refractivity contribution in [3.63, 3.8) is 0 Å². The lowest BCUT2D eigenvalue weighted by Gasteiger charge is -2.10. The van der Waals surface area contributed by atoms with E-state index >= 15 is 0 Å². The Morgan fingerprint density at radius 2 is 2.59 bits per heavy atom. The van der Waals surface area contributed by atoms with E-state index in [1.807, 2.05) is 11.8 Å². The van der Waals surface area contributed by atoms with E-state index < -0.39 is 0 Å². The molecule has 94 valence electrons. The first-order valence-electron chi connectivity index (χ1n) is 5.73. The topological polar surface area (TPSA) is 51.2 Å². The first kappa shape index (κ1) is 12.7. The van der Waals surface area contributed by atoms with Crippen LogP contribution >= 0.6 is 23.1 Å². The molecular weight excluding hydrogens is 256 g/mol. The minimum atomic E-state index is -0.336. The van der Waals surface area contributed by atoms with Crippen molar-refractivity contribution in [2.24, 2.45) is 5.92 Å². The SMILES string of the molecule is CCOC(=O)c1ncsc1NCC1CCSC1. The third kappa shape index (κ3) is 3.35. The van der Waals surface area contributed by atoms with Gasteiger partial charge in [0.1, 0.15) is 5.00 Å². The van der Waals surface area contributed by atoms with Gasteiger partial charge in [0.15, 0.2) is 5.69 Å². The molecule has 1 N–H and O–H groups in total. The second-order valence-corrected chi connectivity index (χ2v) is 5.87. The van der Waals surface area contributed by atoms with Gasteiger partial charge in [0.25, 0.3) is 0 Å². The van der Waals surface area contributed by atoms with E-state index in [-0.39, 0.29) is 5.97 Å². The van der Waals surface area contributed by atoms with Crippen LogP contribution in [0.2, 0.25) is 0 Å². The second-order valence-electron chi connectivity index (χ2n) is 3.86. The summed E-state index contributed by atoms with van der Waals surface area (Å²) < 4.78 is 4.96. The Bertz CT molecular complexity index is 375. The maximum Gasteiger partial charge on any atom is 0.360 e. The van der Waals surface area contributed by atoms with Gasteiger partial charge in [-0.05, 0) is 30.8 Å². The number of ether oxygens (including phenoxy) is 1. The molecule has 17 heavy (non-hydrogen) atoms. The zero-order chi connectivity index (χ0) is 12.1. The summed E-state index contributed by atoms with van der Waals surface area (Å²) in [4.78, 5) is 15.7. The number of hydrogen-bond acceptors (Lipinski definition) is 6. The van der Waals surface area contributed by atoms with E-state index in [1.54, 1.807) is 12.4 Å². The molecule has 0 saturated carbocycles. The minimum absolute atomic E-state index is 0.336. The predicted molar refractivity (Wildman–Crippen MR) is 72.0 cm³/mol. The van der Waals surface area contributed by atoms with Crippen LogP contribution in [0.1, 0.15) is 23.8 Å². The Labute approximate surface area is 109 Å². The maximum atomic E-state index is 11.6. The van der Waals surface area contributed by atoms with Crippen LogP contribution in [0, 0.1) is 5.92 Å². The van der Waals surface area contributed by atoms with Crippen molar-refractivity contribution in [1.29, 1.82) is 0 Å². The van der Waals surface area contributed by atoms with Gasteiger partial charge in [-0.2, -0.15) is 11.8 Å². The normalized spacial score (nSPS) is 19.2. The third-order valence-corrected chi connectivity index (χ3v) is 4.63. The van der Waals surface area contributed by atoms with Gasteiger partial charge in [-0.25, -0.2) is 9.78 Å². The Balaban J connectivity index is 1.91. The summed E-state index contributed by atoms with van der Waals surface area (Å²) in [7, 11) is 0. The zero-order valence-corrected chi connectivity index (χ0v) is 11.4. The fourth-order valence-corrected chi connectivity index (χ4v) is 3.66. The number of hydrogen-bond donors (Lipinski definition) is 1. The van der Waals surface area contributed by atoms with Gasteiger partial charge >= 0.3 is 5.97 Å². The first-order valence-corrected chi connectivity index (χ1v) is 7.77. The molecule has 1 aromatic rings. The average molecular weight is 272 g/mol. The highest BCUT2D eigenvalue weighted by molar-refractivity contribution is 7.99. The fourth-order valence-electron chi connectivity index (χ4n) is 1.70. The van der Waals surface area contributed by atoms with E-state index in [9.17, 15) is 4.79 Å². The van der Waals surface area contributed by atoms with Crippen LogP contribution in [0.25, 0.3) is 0 Å². The van der Waals surface area contributed by atoms with Crippen LogP contribution in [-0.4, -0.2) is 35.6 Å². The Hall–Kier alpha value is -0.750. The standard InChI is InChI=1S/C11H16N2O2S2/c1-2-15-11(14)9-10(17-7-13-9)12-5-8-3-4-16-6-8/h7-8,12H,2-6H2,1H3. The van der Waals surface area contributed by atoms with E-state index in [1.165, 1.54) is 29.3 Å². The number of carbonyl (C=O) groups is 1. The molecule has 1 aliphatic heterocycles. The van der Waals surface area contributed by atoms with Gasteiger partial charge in [-0.1, -0.05) is 0 Å². The van der Waals surface area contributed by atoms with E-state index in [2.05, 4.69) is 10.3 Å². The summed E-state index contributed by atoms with van der Waals surface area (Å²) >= 11 is 3.45. The van der Waals surface area contributed by atoms with Crippen molar-refractivity contribution in [1.82, 2.24) is 4.98 Å². The van der Waals surface area contributed by atoms with E-state index in [0.29, 0.717) is 18.2 Å². The van der Waals surface area contributed by atoms with Crippen LogP contribution in [0.3, 0.4) is 0 Å². The molecule has 0 bridgehead atoms. The molecule has 0 aliphatic carbocycles. The largest absolute Gasteiger partial charge is 0.461 e. The summed E-state index contributed by atoms with van der Waals surface area (Å²) in [6, 6.07) is 0. The molecule has 1 aliphatic rings. The number of thiazole rings is 1. The monoisotopic (exact) mass is 272 g/mol. The van der Waals surface area contributed by atoms with Crippen molar-refractivity contribution in [3.8, 4) is 0 Å². The van der Waals surface area contributed by atoms with Crippen LogP contribution in [0.5, 0.6) is 0 Å². The highest BCUT2D eigenvalue weighted by Crippen LogP contribution is 2.26. The molecule has 0 spiro atoms. The zero-order valence-electron chi connectivity index (χ0n) is 9.77. The summed E-state index contributed by atoms with van der Waals surface area (Å²) in [5, 5.41) is 4.15. The number of thioether (sulfide) groups is 1. The summed E-state index contributed by atoms with van der Waals surface area (Å²) in [5.41, 5.74) is 2.10. The van der Waals surface area contributed by atoms with E-state index in [0.717, 1.165) is 11.5 Å². The molecule has 0 amide bonds. The van der Waals surface area contributed by atoms with Gasteiger partial charge in [0, 0.05) is 6.54 Å². The Kier molecular flexibility index (Phi) is 4.67. The van der Waals surface area contributed by atoms with Crippen molar-refractivity contribution in [2.45, 2.75) is 13.3 Å². The number of aromatic nitrogens is 1. The Morgan fingerprint density at radius 1 is 1.71 bits per heavy atom. The highest BCUT2D eigenvalue weighted by Gasteiger charge is 2.19. The summed E-state index contributed by atoms with van der Waals surface area (Å²) in [6.45, 7) is 3.10. The molecule has 1 atom stereocenters. The summed E-state index contributed by atoms with van der Waals surface area (Å²) in [6.07, 6.45) is 1.26. The molecule has 1 aromatic heterocycles. The van der Waals surface area contributed by atoms with Gasteiger partial charge in [-0.15, -0.1) is 11.3 Å². The lowest BCUT2D eigenvalue weighted by molar-refractivity contribution is 0.0521. The summed E-state index contributed by atoms with van der Waals surface area (Å²) in [5.74, 6) is 2.83. The number of rotatable bonds is 5. The van der Waals surface area contributed by atoms with Crippen LogP contribution < -0.4 is 5.32 Å². The number of nitrogens with one attached hydrogen (secondary N) is 1. The molecule has 4 nitrogen and oxygen atoms in total. The molecule has 0 aromatic carbocycles. The van der Waals surface area contributed by atoms with Gasteiger partial charge in [-0.3, -0.25) is 0 Å². The van der Waals surface area contributed by atoms with Crippen molar-refractivity contribution in [3.05, 3.63) is 11.2 Å². The number of carbonyl (C=O) groups excluding carboxylic acids is 1. The lowest BCUT2D eigenvalue weighted by atomic mass is 10.1. The van der Waals surface area contributed by atoms with Crippen LogP contribution in [-0.2, 0) is 4.74 Å². The molecule has 0 radical (unpaired) electrons. The molecule has 1 unspecified atom stereocenters. The molecular formula is C11H16N2O2S2. The van der Waals surface area contributed by atoms with Crippen molar-refractivity contribution >= 4 is 34.1 Å². The quantitative estimate of drug-likeness (QED) is 0.835. The molecule has 6 heteroatoms. The molecule has 1 saturated heterocycles. The number of nitrogens with zero attached hydrogens (tertiary/aromatic N) is 1. The van der Waals surface area contributed by atoms with E-state index in [4.69, 9.17) is 4.74 Å². The van der Waals surface area contributed by atoms with Crippen molar-refractivity contribution < 1.29 is 9.53 Å². The Morgan fingerprint density at radius 3 is 3.29 bits per heavy atom.